The first-order valence-corrected chi connectivity index (χ1v) is 4.76. The second-order valence-electron chi connectivity index (χ2n) is 2.81. The third-order valence-corrected chi connectivity index (χ3v) is 1.91. The molecule has 1 aromatic heterocycles. The monoisotopic (exact) mass is 239 g/mol. The van der Waals surface area contributed by atoms with Crippen molar-refractivity contribution in [3.8, 4) is 5.88 Å². The number of aromatic nitrogens is 1. The predicted octanol–water partition coefficient (Wildman–Crippen LogP) is 3.15. The molecule has 0 saturated heterocycles. The summed E-state index contributed by atoms with van der Waals surface area (Å²) in [6.45, 7) is -0.440. The van der Waals surface area contributed by atoms with Gasteiger partial charge in [-0.2, -0.15) is 13.2 Å². The van der Waals surface area contributed by atoms with Crippen molar-refractivity contribution in [3.05, 3.63) is 23.9 Å². The first-order valence-electron chi connectivity index (χ1n) is 4.22. The average Bonchev–Trinajstić information content (AvgIpc) is 2.16. The van der Waals surface area contributed by atoms with Crippen molar-refractivity contribution in [3.63, 3.8) is 0 Å². The van der Waals surface area contributed by atoms with Gasteiger partial charge in [0, 0.05) is 11.8 Å². The van der Waals surface area contributed by atoms with E-state index in [4.69, 9.17) is 16.3 Å². The van der Waals surface area contributed by atoms with Gasteiger partial charge in [-0.1, -0.05) is 6.07 Å². The zero-order chi connectivity index (χ0) is 11.3. The van der Waals surface area contributed by atoms with Crippen molar-refractivity contribution in [2.45, 2.75) is 18.5 Å². The van der Waals surface area contributed by atoms with Gasteiger partial charge in [0.05, 0.1) is 18.9 Å². The van der Waals surface area contributed by atoms with Crippen LogP contribution < -0.4 is 4.74 Å². The number of nitrogens with zero attached hydrogens (tertiary/aromatic N) is 1. The van der Waals surface area contributed by atoms with E-state index in [0.29, 0.717) is 5.56 Å². The molecular weight excluding hydrogens is 231 g/mol. The van der Waals surface area contributed by atoms with E-state index >= 15 is 0 Å². The van der Waals surface area contributed by atoms with Crippen molar-refractivity contribution in [2.24, 2.45) is 0 Å². The highest BCUT2D eigenvalue weighted by Crippen LogP contribution is 2.21. The molecule has 0 aliphatic heterocycles. The van der Waals surface area contributed by atoms with Crippen molar-refractivity contribution in [1.29, 1.82) is 0 Å². The molecule has 0 fully saturated rings. The summed E-state index contributed by atoms with van der Waals surface area (Å²) in [5, 5.41) is 0. The lowest BCUT2D eigenvalue weighted by Gasteiger charge is -2.09. The summed E-state index contributed by atoms with van der Waals surface area (Å²) >= 11 is 5.56. The Kier molecular flexibility index (Phi) is 4.20. The molecule has 0 bridgehead atoms. The number of halogens is 4. The van der Waals surface area contributed by atoms with Crippen LogP contribution in [0.5, 0.6) is 5.88 Å². The van der Waals surface area contributed by atoms with E-state index in [1.807, 2.05) is 0 Å². The van der Waals surface area contributed by atoms with Crippen LogP contribution in [0.25, 0.3) is 0 Å². The maximum atomic E-state index is 11.8. The van der Waals surface area contributed by atoms with Crippen LogP contribution in [0, 0.1) is 0 Å². The van der Waals surface area contributed by atoms with Gasteiger partial charge in [-0.05, 0) is 6.07 Å². The Morgan fingerprint density at radius 2 is 2.13 bits per heavy atom. The molecule has 1 heterocycles. The fraction of sp³-hybridized carbons (Fsp3) is 0.444. The number of rotatable bonds is 4. The molecule has 0 atom stereocenters. The van der Waals surface area contributed by atoms with Gasteiger partial charge in [-0.15, -0.1) is 11.6 Å². The Labute approximate surface area is 90.0 Å². The highest BCUT2D eigenvalue weighted by atomic mass is 35.5. The summed E-state index contributed by atoms with van der Waals surface area (Å²) in [5.74, 6) is 0.326. The van der Waals surface area contributed by atoms with Crippen LogP contribution in [0.3, 0.4) is 0 Å². The first kappa shape index (κ1) is 12.1. The Bertz CT molecular complexity index is 316. The molecular formula is C9H9ClF3NO. The molecule has 6 heteroatoms. The molecule has 1 rings (SSSR count). The lowest BCUT2D eigenvalue weighted by molar-refractivity contribution is -0.139. The second-order valence-corrected chi connectivity index (χ2v) is 3.08. The lowest BCUT2D eigenvalue weighted by Crippen LogP contribution is -2.13. The molecule has 0 aliphatic carbocycles. The van der Waals surface area contributed by atoms with Crippen molar-refractivity contribution in [2.75, 3.05) is 6.61 Å². The minimum atomic E-state index is -4.21. The Morgan fingerprint density at radius 1 is 1.40 bits per heavy atom. The van der Waals surface area contributed by atoms with Gasteiger partial charge in [0.15, 0.2) is 0 Å². The van der Waals surface area contributed by atoms with E-state index in [1.165, 1.54) is 6.20 Å². The maximum absolute atomic E-state index is 11.8. The second kappa shape index (κ2) is 5.21. The van der Waals surface area contributed by atoms with Gasteiger partial charge in [-0.25, -0.2) is 4.98 Å². The van der Waals surface area contributed by atoms with Crippen LogP contribution in [0.1, 0.15) is 12.0 Å². The highest BCUT2D eigenvalue weighted by molar-refractivity contribution is 6.17. The highest BCUT2D eigenvalue weighted by Gasteiger charge is 2.27. The smallest absolute Gasteiger partial charge is 0.392 e. The van der Waals surface area contributed by atoms with Crippen molar-refractivity contribution >= 4 is 11.6 Å². The standard InChI is InChI=1S/C9H9ClF3NO/c10-6-7-2-1-4-14-8(7)15-5-3-9(11,12)13/h1-2,4H,3,5-6H2. The van der Waals surface area contributed by atoms with E-state index in [0.717, 1.165) is 0 Å². The van der Waals surface area contributed by atoms with Gasteiger partial charge >= 0.3 is 6.18 Å². The SMILES string of the molecule is FC(F)(F)CCOc1ncccc1CCl. The summed E-state index contributed by atoms with van der Waals surface area (Å²) in [6, 6.07) is 3.30. The van der Waals surface area contributed by atoms with Crippen molar-refractivity contribution in [1.82, 2.24) is 4.98 Å². The Morgan fingerprint density at radius 3 is 2.73 bits per heavy atom. The fourth-order valence-electron chi connectivity index (χ4n) is 0.919. The summed E-state index contributed by atoms with van der Waals surface area (Å²) in [5.41, 5.74) is 0.585. The molecule has 0 unspecified atom stereocenters. The number of hydrogen-bond donors (Lipinski definition) is 0. The number of pyridine rings is 1. The van der Waals surface area contributed by atoms with E-state index in [1.54, 1.807) is 12.1 Å². The number of ether oxygens (including phenoxy) is 1. The molecule has 2 nitrogen and oxygen atoms in total. The topological polar surface area (TPSA) is 22.1 Å². The van der Waals surface area contributed by atoms with Crippen LogP contribution in [-0.2, 0) is 5.88 Å². The maximum Gasteiger partial charge on any atom is 0.392 e. The van der Waals surface area contributed by atoms with Crippen LogP contribution in [-0.4, -0.2) is 17.8 Å². The van der Waals surface area contributed by atoms with Crippen LogP contribution in [0.2, 0.25) is 0 Å². The number of hydrogen-bond acceptors (Lipinski definition) is 2. The minimum Gasteiger partial charge on any atom is -0.477 e. The molecule has 0 aliphatic rings. The minimum absolute atomic E-state index is 0.162. The van der Waals surface area contributed by atoms with Crippen molar-refractivity contribution < 1.29 is 17.9 Å². The van der Waals surface area contributed by atoms with E-state index in [9.17, 15) is 13.2 Å². The van der Waals surface area contributed by atoms with E-state index in [-0.39, 0.29) is 11.8 Å². The summed E-state index contributed by atoms with van der Waals surface area (Å²) in [4.78, 5) is 3.80. The Hall–Kier alpha value is -0.970. The molecule has 0 N–H and O–H groups in total. The third kappa shape index (κ3) is 4.38. The average molecular weight is 240 g/mol. The molecule has 1 aromatic rings. The molecule has 0 spiro atoms. The zero-order valence-corrected chi connectivity index (χ0v) is 8.48. The lowest BCUT2D eigenvalue weighted by atomic mass is 10.3. The fourth-order valence-corrected chi connectivity index (χ4v) is 1.12. The van der Waals surface area contributed by atoms with E-state index in [2.05, 4.69) is 4.98 Å². The summed E-state index contributed by atoms with van der Waals surface area (Å²) in [6.07, 6.45) is -3.76. The largest absolute Gasteiger partial charge is 0.477 e. The van der Waals surface area contributed by atoms with Crippen LogP contribution in [0.15, 0.2) is 18.3 Å². The molecule has 0 saturated carbocycles. The Balaban J connectivity index is 2.50. The first-order chi connectivity index (χ1) is 7.03. The summed E-state index contributed by atoms with van der Waals surface area (Å²) in [7, 11) is 0. The predicted molar refractivity (Wildman–Crippen MR) is 50.0 cm³/mol. The molecule has 84 valence electrons. The molecule has 0 aromatic carbocycles. The van der Waals surface area contributed by atoms with E-state index < -0.39 is 19.2 Å². The van der Waals surface area contributed by atoms with Gasteiger partial charge in [0.25, 0.3) is 0 Å². The van der Waals surface area contributed by atoms with Gasteiger partial charge in [0.1, 0.15) is 0 Å². The zero-order valence-electron chi connectivity index (χ0n) is 7.72. The van der Waals surface area contributed by atoms with Crippen LogP contribution in [0.4, 0.5) is 13.2 Å². The third-order valence-electron chi connectivity index (χ3n) is 1.62. The van der Waals surface area contributed by atoms with Crippen LogP contribution >= 0.6 is 11.6 Å². The van der Waals surface area contributed by atoms with Gasteiger partial charge in [0.2, 0.25) is 5.88 Å². The van der Waals surface area contributed by atoms with Gasteiger partial charge in [-0.3, -0.25) is 0 Å². The van der Waals surface area contributed by atoms with Gasteiger partial charge < -0.3 is 4.74 Å². The molecule has 0 radical (unpaired) electrons. The molecule has 15 heavy (non-hydrogen) atoms. The normalized spacial score (nSPS) is 11.5. The molecule has 0 amide bonds. The summed E-state index contributed by atoms with van der Waals surface area (Å²) < 4.78 is 40.3. The quantitative estimate of drug-likeness (QED) is 0.753. The number of alkyl halides is 4.